The van der Waals surface area contributed by atoms with E-state index < -0.39 is 5.82 Å². The van der Waals surface area contributed by atoms with Gasteiger partial charge in [0.05, 0.1) is 17.5 Å². The van der Waals surface area contributed by atoms with E-state index in [0.29, 0.717) is 13.0 Å². The number of anilines is 1. The van der Waals surface area contributed by atoms with Crippen LogP contribution in [-0.2, 0) is 0 Å². The van der Waals surface area contributed by atoms with Gasteiger partial charge >= 0.3 is 0 Å². The number of halogens is 2. The Hall–Kier alpha value is -1.27. The molecule has 2 nitrogen and oxygen atoms in total. The number of benzene rings is 1. The van der Waals surface area contributed by atoms with E-state index in [2.05, 4.69) is 5.32 Å². The molecular weight excluding hydrogens is 191 g/mol. The number of rotatable bonds is 3. The normalized spacial score (nSPS) is 9.31. The first kappa shape index (κ1) is 9.82. The van der Waals surface area contributed by atoms with Gasteiger partial charge in [-0.1, -0.05) is 11.6 Å². The Labute approximate surface area is 80.9 Å². The maximum absolute atomic E-state index is 12.7. The summed E-state index contributed by atoms with van der Waals surface area (Å²) in [6.45, 7) is 0.540. The standard InChI is InChI=1S/C9H8ClFN2/c10-8-6-7(2-3-9(8)11)13-5-1-4-12/h2-3,6,13H,1,5H2. The molecule has 0 aromatic heterocycles. The van der Waals surface area contributed by atoms with Crippen LogP contribution < -0.4 is 5.32 Å². The summed E-state index contributed by atoms with van der Waals surface area (Å²) in [5, 5.41) is 11.3. The maximum Gasteiger partial charge on any atom is 0.141 e. The van der Waals surface area contributed by atoms with E-state index >= 15 is 0 Å². The summed E-state index contributed by atoms with van der Waals surface area (Å²) in [6.07, 6.45) is 0.412. The molecule has 0 unspecified atom stereocenters. The second-order valence-corrected chi connectivity index (χ2v) is 2.87. The first-order valence-electron chi connectivity index (χ1n) is 3.80. The highest BCUT2D eigenvalue weighted by molar-refractivity contribution is 6.31. The summed E-state index contributed by atoms with van der Waals surface area (Å²) in [5.41, 5.74) is 0.724. The van der Waals surface area contributed by atoms with Gasteiger partial charge in [0, 0.05) is 12.2 Å². The number of nitrogens with one attached hydrogen (secondary N) is 1. The molecule has 1 N–H and O–H groups in total. The lowest BCUT2D eigenvalue weighted by Crippen LogP contribution is -2.00. The van der Waals surface area contributed by atoms with Gasteiger partial charge in [-0.2, -0.15) is 5.26 Å². The molecule has 0 aliphatic carbocycles. The lowest BCUT2D eigenvalue weighted by atomic mass is 10.3. The lowest BCUT2D eigenvalue weighted by molar-refractivity contribution is 0.628. The average Bonchev–Trinajstić information content (AvgIpc) is 2.12. The summed E-state index contributed by atoms with van der Waals surface area (Å²) >= 11 is 5.55. The van der Waals surface area contributed by atoms with Crippen LogP contribution in [0.4, 0.5) is 10.1 Å². The first-order chi connectivity index (χ1) is 6.24. The van der Waals surface area contributed by atoms with Crippen LogP contribution in [-0.4, -0.2) is 6.54 Å². The minimum atomic E-state index is -0.438. The number of nitrogens with zero attached hydrogens (tertiary/aromatic N) is 1. The predicted molar refractivity (Wildman–Crippen MR) is 50.1 cm³/mol. The lowest BCUT2D eigenvalue weighted by Gasteiger charge is -2.03. The van der Waals surface area contributed by atoms with E-state index in [1.807, 2.05) is 6.07 Å². The van der Waals surface area contributed by atoms with Gasteiger partial charge in [0.25, 0.3) is 0 Å². The van der Waals surface area contributed by atoms with Crippen molar-refractivity contribution in [2.45, 2.75) is 6.42 Å². The second kappa shape index (κ2) is 4.68. The quantitative estimate of drug-likeness (QED) is 0.759. The zero-order valence-electron chi connectivity index (χ0n) is 6.85. The van der Waals surface area contributed by atoms with Crippen molar-refractivity contribution in [2.24, 2.45) is 0 Å². The molecule has 13 heavy (non-hydrogen) atoms. The van der Waals surface area contributed by atoms with Crippen molar-refractivity contribution < 1.29 is 4.39 Å². The Morgan fingerprint density at radius 3 is 2.92 bits per heavy atom. The zero-order chi connectivity index (χ0) is 9.68. The van der Waals surface area contributed by atoms with Gasteiger partial charge in [-0.15, -0.1) is 0 Å². The van der Waals surface area contributed by atoms with Gasteiger partial charge in [0.2, 0.25) is 0 Å². The molecular formula is C9H8ClFN2. The minimum Gasteiger partial charge on any atom is -0.384 e. The summed E-state index contributed by atoms with van der Waals surface area (Å²) < 4.78 is 12.7. The van der Waals surface area contributed by atoms with Crippen LogP contribution in [0.1, 0.15) is 6.42 Å². The van der Waals surface area contributed by atoms with Crippen molar-refractivity contribution in [3.05, 3.63) is 29.0 Å². The minimum absolute atomic E-state index is 0.0851. The number of hydrogen-bond donors (Lipinski definition) is 1. The Balaban J connectivity index is 2.59. The van der Waals surface area contributed by atoms with Crippen molar-refractivity contribution in [3.63, 3.8) is 0 Å². The van der Waals surface area contributed by atoms with Crippen LogP contribution in [0.2, 0.25) is 5.02 Å². The predicted octanol–water partition coefficient (Wildman–Crippen LogP) is 2.80. The molecule has 0 radical (unpaired) electrons. The fraction of sp³-hybridized carbons (Fsp3) is 0.222. The SMILES string of the molecule is N#CCCNc1ccc(F)c(Cl)c1. The van der Waals surface area contributed by atoms with Crippen LogP contribution in [0.15, 0.2) is 18.2 Å². The molecule has 0 aliphatic heterocycles. The smallest absolute Gasteiger partial charge is 0.141 e. The number of nitriles is 1. The van der Waals surface area contributed by atoms with E-state index in [1.165, 1.54) is 12.1 Å². The molecule has 0 heterocycles. The van der Waals surface area contributed by atoms with Crippen LogP contribution in [0.3, 0.4) is 0 Å². The molecule has 0 fully saturated rings. The highest BCUT2D eigenvalue weighted by atomic mass is 35.5. The van der Waals surface area contributed by atoms with Gasteiger partial charge in [-0.25, -0.2) is 4.39 Å². The van der Waals surface area contributed by atoms with Crippen LogP contribution >= 0.6 is 11.6 Å². The maximum atomic E-state index is 12.7. The molecule has 0 amide bonds. The topological polar surface area (TPSA) is 35.8 Å². The third-order valence-electron chi connectivity index (χ3n) is 1.49. The van der Waals surface area contributed by atoms with Crippen LogP contribution in [0, 0.1) is 17.1 Å². The molecule has 1 rings (SSSR count). The Bertz CT molecular complexity index is 333. The van der Waals surface area contributed by atoms with E-state index in [0.717, 1.165) is 5.69 Å². The zero-order valence-corrected chi connectivity index (χ0v) is 7.61. The second-order valence-electron chi connectivity index (χ2n) is 2.46. The van der Waals surface area contributed by atoms with Crippen molar-refractivity contribution in [3.8, 4) is 6.07 Å². The fourth-order valence-corrected chi connectivity index (χ4v) is 1.05. The molecule has 0 saturated carbocycles. The first-order valence-corrected chi connectivity index (χ1v) is 4.17. The average molecular weight is 199 g/mol. The summed E-state index contributed by atoms with van der Waals surface area (Å²) in [7, 11) is 0. The van der Waals surface area contributed by atoms with Crippen LogP contribution in [0.25, 0.3) is 0 Å². The Morgan fingerprint density at radius 1 is 1.54 bits per heavy atom. The Kier molecular flexibility index (Phi) is 3.53. The summed E-state index contributed by atoms with van der Waals surface area (Å²) in [4.78, 5) is 0. The van der Waals surface area contributed by atoms with Crippen molar-refractivity contribution in [1.82, 2.24) is 0 Å². The molecule has 0 atom stereocenters. The van der Waals surface area contributed by atoms with Gasteiger partial charge in [-0.05, 0) is 18.2 Å². The molecule has 0 spiro atoms. The highest BCUT2D eigenvalue weighted by Crippen LogP contribution is 2.18. The highest BCUT2D eigenvalue weighted by Gasteiger charge is 1.99. The van der Waals surface area contributed by atoms with Gasteiger partial charge in [0.15, 0.2) is 0 Å². The third kappa shape index (κ3) is 2.92. The largest absolute Gasteiger partial charge is 0.384 e. The molecule has 1 aromatic carbocycles. The van der Waals surface area contributed by atoms with E-state index in [1.54, 1.807) is 6.07 Å². The molecule has 4 heteroatoms. The molecule has 1 aromatic rings. The fourth-order valence-electron chi connectivity index (χ4n) is 0.869. The van der Waals surface area contributed by atoms with E-state index in [4.69, 9.17) is 16.9 Å². The molecule has 0 bridgehead atoms. The molecule has 0 saturated heterocycles. The van der Waals surface area contributed by atoms with Gasteiger partial charge < -0.3 is 5.32 Å². The van der Waals surface area contributed by atoms with Crippen molar-refractivity contribution in [2.75, 3.05) is 11.9 Å². The molecule has 0 aliphatic rings. The number of hydrogen-bond acceptors (Lipinski definition) is 2. The van der Waals surface area contributed by atoms with E-state index in [9.17, 15) is 4.39 Å². The Morgan fingerprint density at radius 2 is 2.31 bits per heavy atom. The monoisotopic (exact) mass is 198 g/mol. The summed E-state index contributed by atoms with van der Waals surface area (Å²) in [5.74, 6) is -0.438. The van der Waals surface area contributed by atoms with Crippen molar-refractivity contribution >= 4 is 17.3 Å². The van der Waals surface area contributed by atoms with Gasteiger partial charge in [-0.3, -0.25) is 0 Å². The third-order valence-corrected chi connectivity index (χ3v) is 1.78. The molecule has 68 valence electrons. The van der Waals surface area contributed by atoms with Crippen LogP contribution in [0.5, 0.6) is 0 Å². The van der Waals surface area contributed by atoms with Gasteiger partial charge in [0.1, 0.15) is 5.82 Å². The van der Waals surface area contributed by atoms with Crippen molar-refractivity contribution in [1.29, 1.82) is 5.26 Å². The summed E-state index contributed by atoms with van der Waals surface area (Å²) in [6, 6.07) is 6.36. The van der Waals surface area contributed by atoms with E-state index in [-0.39, 0.29) is 5.02 Å².